The summed E-state index contributed by atoms with van der Waals surface area (Å²) in [4.78, 5) is 20.8. The number of nitrogens with zero attached hydrogens (tertiary/aromatic N) is 3. The predicted octanol–water partition coefficient (Wildman–Crippen LogP) is 5.58. The van der Waals surface area contributed by atoms with E-state index in [0.717, 1.165) is 18.3 Å². The van der Waals surface area contributed by atoms with Gasteiger partial charge in [-0.25, -0.2) is 23.1 Å². The van der Waals surface area contributed by atoms with Crippen LogP contribution in [-0.2, 0) is 11.5 Å². The minimum Gasteiger partial charge on any atom is -0.363 e. The first-order valence-corrected chi connectivity index (χ1v) is 10.2. The second-order valence-electron chi connectivity index (χ2n) is 8.39. The Labute approximate surface area is 184 Å². The summed E-state index contributed by atoms with van der Waals surface area (Å²) in [6.45, 7) is 3.62. The van der Waals surface area contributed by atoms with Gasteiger partial charge in [0.15, 0.2) is 0 Å². The van der Waals surface area contributed by atoms with Crippen molar-refractivity contribution >= 4 is 16.7 Å². The quantitative estimate of drug-likeness (QED) is 0.495. The monoisotopic (exact) mass is 470 g/mol. The van der Waals surface area contributed by atoms with E-state index in [-0.39, 0.29) is 41.0 Å². The predicted molar refractivity (Wildman–Crippen MR) is 110 cm³/mol. The molecule has 4 rings (SSSR count). The molecule has 11 heteroatoms. The maximum absolute atomic E-state index is 14.8. The van der Waals surface area contributed by atoms with E-state index in [9.17, 15) is 31.1 Å². The molecule has 0 radical (unpaired) electrons. The number of aryl methyl sites for hydroxylation is 1. The second kappa shape index (κ2) is 7.46. The number of alkyl halides is 5. The van der Waals surface area contributed by atoms with Gasteiger partial charge in [-0.3, -0.25) is 9.36 Å². The van der Waals surface area contributed by atoms with Crippen molar-refractivity contribution in [1.82, 2.24) is 14.5 Å². The number of halogens is 6. The normalized spacial score (nSPS) is 16.6. The van der Waals surface area contributed by atoms with Crippen LogP contribution >= 0.6 is 0 Å². The fourth-order valence-corrected chi connectivity index (χ4v) is 3.95. The van der Waals surface area contributed by atoms with Gasteiger partial charge < -0.3 is 5.32 Å². The zero-order chi connectivity index (χ0) is 24.3. The van der Waals surface area contributed by atoms with Crippen LogP contribution in [0.15, 0.2) is 35.3 Å². The van der Waals surface area contributed by atoms with Gasteiger partial charge in [0.25, 0.3) is 11.5 Å². The van der Waals surface area contributed by atoms with Crippen LogP contribution in [0, 0.1) is 12.7 Å². The Morgan fingerprint density at radius 2 is 1.82 bits per heavy atom. The molecule has 176 valence electrons. The molecule has 1 fully saturated rings. The summed E-state index contributed by atoms with van der Waals surface area (Å²) in [6, 6.07) is 3.75. The van der Waals surface area contributed by atoms with Gasteiger partial charge in [-0.2, -0.15) is 13.2 Å². The number of rotatable bonds is 5. The van der Waals surface area contributed by atoms with Crippen LogP contribution in [0.1, 0.15) is 49.7 Å². The molecule has 0 aliphatic heterocycles. The van der Waals surface area contributed by atoms with E-state index in [1.165, 1.54) is 26.0 Å². The third kappa shape index (κ3) is 3.93. The maximum atomic E-state index is 14.8. The highest BCUT2D eigenvalue weighted by atomic mass is 19.4. The zero-order valence-corrected chi connectivity index (χ0v) is 17.9. The Morgan fingerprint density at radius 3 is 2.39 bits per heavy atom. The first-order valence-electron chi connectivity index (χ1n) is 10.2. The average molecular weight is 470 g/mol. The summed E-state index contributed by atoms with van der Waals surface area (Å²) >= 11 is 0. The van der Waals surface area contributed by atoms with Crippen LogP contribution in [0.25, 0.3) is 10.9 Å². The van der Waals surface area contributed by atoms with Crippen LogP contribution in [0.2, 0.25) is 0 Å². The standard InChI is InChI=1S/C22H20F6N4O/c1-11(13-5-4-6-15(18(13)23)20(3,24)25)29-19-14-10-32(21(7-8-21)22(26,27)28)17(33)9-16(14)30-12(2)31-19/h4-6,9-11H,7-8H2,1-3H3,(H,29,30,31). The second-order valence-corrected chi connectivity index (χ2v) is 8.39. The third-order valence-electron chi connectivity index (χ3n) is 5.88. The lowest BCUT2D eigenvalue weighted by molar-refractivity contribution is -0.180. The SMILES string of the molecule is Cc1nc(NC(C)c2cccc(C(C)(F)F)c2F)c2cn(C3(C(F)(F)F)CC3)c(=O)cc2n1. The minimum absolute atomic E-state index is 0.0600. The fraction of sp³-hybridized carbons (Fsp3) is 0.409. The number of hydrogen-bond acceptors (Lipinski definition) is 4. The largest absolute Gasteiger partial charge is 0.412 e. The summed E-state index contributed by atoms with van der Waals surface area (Å²) in [5.74, 6) is -4.21. The molecular formula is C22H20F6N4O. The van der Waals surface area contributed by atoms with Gasteiger partial charge >= 0.3 is 6.18 Å². The van der Waals surface area contributed by atoms with Crippen molar-refractivity contribution in [1.29, 1.82) is 0 Å². The van der Waals surface area contributed by atoms with Crippen molar-refractivity contribution < 1.29 is 26.3 Å². The Bertz CT molecular complexity index is 1290. The lowest BCUT2D eigenvalue weighted by Crippen LogP contribution is -2.41. The molecule has 2 heterocycles. The fourth-order valence-electron chi connectivity index (χ4n) is 3.95. The Hall–Kier alpha value is -3.11. The van der Waals surface area contributed by atoms with Gasteiger partial charge in [0, 0.05) is 24.8 Å². The summed E-state index contributed by atoms with van der Waals surface area (Å²) in [5, 5.41) is 3.01. The van der Waals surface area contributed by atoms with Gasteiger partial charge in [0.05, 0.1) is 22.5 Å². The molecule has 1 aromatic carbocycles. The molecule has 1 unspecified atom stereocenters. The van der Waals surface area contributed by atoms with Crippen molar-refractivity contribution in [3.8, 4) is 0 Å². The van der Waals surface area contributed by atoms with Crippen LogP contribution in [0.5, 0.6) is 0 Å². The van der Waals surface area contributed by atoms with Gasteiger partial charge in [0.2, 0.25) is 0 Å². The Morgan fingerprint density at radius 1 is 1.15 bits per heavy atom. The molecule has 33 heavy (non-hydrogen) atoms. The summed E-state index contributed by atoms with van der Waals surface area (Å²) in [6.07, 6.45) is -4.01. The van der Waals surface area contributed by atoms with Gasteiger partial charge in [-0.05, 0) is 26.7 Å². The van der Waals surface area contributed by atoms with Gasteiger partial charge in [-0.1, -0.05) is 18.2 Å². The number of aromatic nitrogens is 3. The lowest BCUT2D eigenvalue weighted by Gasteiger charge is -2.23. The van der Waals surface area contributed by atoms with Crippen molar-refractivity contribution in [2.24, 2.45) is 0 Å². The van der Waals surface area contributed by atoms with Gasteiger partial charge in [0.1, 0.15) is 23.0 Å². The number of hydrogen-bond donors (Lipinski definition) is 1. The molecule has 1 saturated carbocycles. The number of fused-ring (bicyclic) bond motifs is 1. The van der Waals surface area contributed by atoms with Crippen LogP contribution < -0.4 is 10.9 Å². The van der Waals surface area contributed by atoms with E-state index >= 15 is 0 Å². The van der Waals surface area contributed by atoms with E-state index in [2.05, 4.69) is 15.3 Å². The molecular weight excluding hydrogens is 450 g/mol. The van der Waals surface area contributed by atoms with E-state index in [1.54, 1.807) is 0 Å². The number of nitrogens with one attached hydrogen (secondary N) is 1. The number of benzene rings is 1. The number of pyridine rings is 1. The molecule has 1 N–H and O–H groups in total. The van der Waals surface area contributed by atoms with E-state index < -0.39 is 40.6 Å². The molecule has 0 amide bonds. The zero-order valence-electron chi connectivity index (χ0n) is 17.9. The van der Waals surface area contributed by atoms with Crippen molar-refractivity contribution in [3.05, 3.63) is 63.6 Å². The molecule has 5 nitrogen and oxygen atoms in total. The molecule has 3 aromatic rings. The summed E-state index contributed by atoms with van der Waals surface area (Å²) < 4.78 is 83.8. The molecule has 0 saturated heterocycles. The van der Waals surface area contributed by atoms with E-state index in [1.807, 2.05) is 0 Å². The smallest absolute Gasteiger partial charge is 0.363 e. The van der Waals surface area contributed by atoms with Crippen molar-refractivity contribution in [2.45, 2.75) is 57.3 Å². The maximum Gasteiger partial charge on any atom is 0.412 e. The van der Waals surface area contributed by atoms with E-state index in [0.29, 0.717) is 11.5 Å². The van der Waals surface area contributed by atoms with Crippen LogP contribution in [0.3, 0.4) is 0 Å². The third-order valence-corrected chi connectivity index (χ3v) is 5.88. The van der Waals surface area contributed by atoms with Crippen molar-refractivity contribution in [2.75, 3.05) is 5.32 Å². The highest BCUT2D eigenvalue weighted by molar-refractivity contribution is 5.88. The van der Waals surface area contributed by atoms with Crippen LogP contribution in [0.4, 0.5) is 32.2 Å². The Balaban J connectivity index is 1.81. The summed E-state index contributed by atoms with van der Waals surface area (Å²) in [7, 11) is 0. The van der Waals surface area contributed by atoms with Crippen molar-refractivity contribution in [3.63, 3.8) is 0 Å². The highest BCUT2D eigenvalue weighted by Crippen LogP contribution is 2.54. The molecule has 2 aromatic heterocycles. The molecule has 1 aliphatic rings. The van der Waals surface area contributed by atoms with E-state index in [4.69, 9.17) is 0 Å². The topological polar surface area (TPSA) is 59.8 Å². The minimum atomic E-state index is -4.62. The highest BCUT2D eigenvalue weighted by Gasteiger charge is 2.65. The molecule has 1 atom stereocenters. The first-order chi connectivity index (χ1) is 15.2. The molecule has 0 bridgehead atoms. The molecule has 0 spiro atoms. The number of anilines is 1. The summed E-state index contributed by atoms with van der Waals surface area (Å²) in [5.41, 5.74) is -3.85. The first kappa shape index (κ1) is 23.1. The van der Waals surface area contributed by atoms with Gasteiger partial charge in [-0.15, -0.1) is 0 Å². The average Bonchev–Trinajstić information content (AvgIpc) is 3.48. The lowest BCUT2D eigenvalue weighted by atomic mass is 10.0. The molecule has 1 aliphatic carbocycles. The Kier molecular flexibility index (Phi) is 5.21. The van der Waals surface area contributed by atoms with Crippen LogP contribution in [-0.4, -0.2) is 20.7 Å².